The van der Waals surface area contributed by atoms with E-state index < -0.39 is 0 Å². The molecule has 4 nitrogen and oxygen atoms in total. The molecule has 0 fully saturated rings. The van der Waals surface area contributed by atoms with Crippen molar-refractivity contribution in [3.05, 3.63) is 47.8 Å². The van der Waals surface area contributed by atoms with E-state index in [2.05, 4.69) is 48.5 Å². The summed E-state index contributed by atoms with van der Waals surface area (Å²) in [5.74, 6) is 1.34. The number of hydrogen-bond donors (Lipinski definition) is 1. The number of hydrogen-bond acceptors (Lipinski definition) is 3. The van der Waals surface area contributed by atoms with Gasteiger partial charge in [-0.25, -0.2) is 0 Å². The van der Waals surface area contributed by atoms with E-state index in [9.17, 15) is 0 Å². The molecule has 0 amide bonds. The zero-order valence-corrected chi connectivity index (χ0v) is 13.2. The van der Waals surface area contributed by atoms with E-state index in [1.54, 1.807) is 10.9 Å². The lowest BCUT2D eigenvalue weighted by Gasteiger charge is -2.13. The molecule has 0 saturated heterocycles. The third kappa shape index (κ3) is 4.90. The minimum Gasteiger partial charge on any atom is -0.486 e. The van der Waals surface area contributed by atoms with Crippen molar-refractivity contribution in [3.63, 3.8) is 0 Å². The molecule has 0 aliphatic rings. The summed E-state index contributed by atoms with van der Waals surface area (Å²) in [6, 6.07) is 8.67. The first kappa shape index (κ1) is 15.6. The van der Waals surface area contributed by atoms with Crippen LogP contribution in [0.15, 0.2) is 36.7 Å². The second-order valence-electron chi connectivity index (χ2n) is 5.49. The lowest BCUT2D eigenvalue weighted by atomic mass is 10.00. The molecule has 4 heteroatoms. The number of ether oxygens (including phenoxy) is 1. The van der Waals surface area contributed by atoms with Crippen LogP contribution in [0.1, 0.15) is 37.3 Å². The summed E-state index contributed by atoms with van der Waals surface area (Å²) in [7, 11) is 1.88. The molecule has 0 aliphatic carbocycles. The van der Waals surface area contributed by atoms with Crippen molar-refractivity contribution in [1.29, 1.82) is 0 Å². The van der Waals surface area contributed by atoms with Crippen molar-refractivity contribution >= 4 is 0 Å². The number of aromatic nitrogens is 2. The zero-order chi connectivity index (χ0) is 15.1. The Balaban J connectivity index is 1.83. The van der Waals surface area contributed by atoms with Crippen molar-refractivity contribution in [3.8, 4) is 5.75 Å². The van der Waals surface area contributed by atoms with Crippen molar-refractivity contribution in [2.24, 2.45) is 7.05 Å². The van der Waals surface area contributed by atoms with Crippen LogP contribution in [-0.4, -0.2) is 22.9 Å². The molecule has 1 unspecified atom stereocenters. The van der Waals surface area contributed by atoms with Gasteiger partial charge in [0.05, 0.1) is 12.4 Å². The van der Waals surface area contributed by atoms with E-state index in [0.29, 0.717) is 12.5 Å². The number of benzene rings is 1. The molecular formula is C17H25N3O. The maximum Gasteiger partial charge on any atom is 0.157 e. The average molecular weight is 287 g/mol. The predicted octanol–water partition coefficient (Wildman–Crippen LogP) is 3.10. The maximum absolute atomic E-state index is 5.70. The summed E-state index contributed by atoms with van der Waals surface area (Å²) in [6.45, 7) is 7.13. The van der Waals surface area contributed by atoms with Crippen molar-refractivity contribution in [1.82, 2.24) is 15.1 Å². The van der Waals surface area contributed by atoms with E-state index >= 15 is 0 Å². The van der Waals surface area contributed by atoms with Crippen molar-refractivity contribution in [2.75, 3.05) is 13.1 Å². The molecule has 0 spiro atoms. The van der Waals surface area contributed by atoms with Crippen LogP contribution >= 0.6 is 0 Å². The summed E-state index contributed by atoms with van der Waals surface area (Å²) < 4.78 is 7.44. The second kappa shape index (κ2) is 7.84. The van der Waals surface area contributed by atoms with Crippen molar-refractivity contribution < 1.29 is 4.74 Å². The van der Waals surface area contributed by atoms with E-state index in [4.69, 9.17) is 4.74 Å². The molecule has 1 aromatic heterocycles. The van der Waals surface area contributed by atoms with Crippen LogP contribution in [0.25, 0.3) is 0 Å². The lowest BCUT2D eigenvalue weighted by Crippen LogP contribution is -2.20. The van der Waals surface area contributed by atoms with Gasteiger partial charge in [-0.15, -0.1) is 0 Å². The van der Waals surface area contributed by atoms with Crippen LogP contribution in [0.3, 0.4) is 0 Å². The standard InChI is InChI=1S/C17H25N3O/c1-4-9-18-10-14(2)16-7-5-15(6-8-16)13-21-17-11-19-20(3)12-17/h5-8,11-12,14,18H,4,9-10,13H2,1-3H3. The third-order valence-corrected chi connectivity index (χ3v) is 3.51. The largest absolute Gasteiger partial charge is 0.486 e. The normalized spacial score (nSPS) is 12.3. The fourth-order valence-corrected chi connectivity index (χ4v) is 2.20. The molecule has 0 saturated carbocycles. The lowest BCUT2D eigenvalue weighted by molar-refractivity contribution is 0.306. The molecule has 0 aliphatic heterocycles. The molecule has 0 radical (unpaired) electrons. The van der Waals surface area contributed by atoms with Gasteiger partial charge in [-0.1, -0.05) is 38.1 Å². The number of rotatable bonds is 8. The zero-order valence-electron chi connectivity index (χ0n) is 13.2. The molecule has 1 N–H and O–H groups in total. The Morgan fingerprint density at radius 2 is 2.05 bits per heavy atom. The van der Waals surface area contributed by atoms with Gasteiger partial charge in [0.2, 0.25) is 0 Å². The Hall–Kier alpha value is -1.81. The predicted molar refractivity (Wildman–Crippen MR) is 85.6 cm³/mol. The third-order valence-electron chi connectivity index (χ3n) is 3.51. The average Bonchev–Trinajstić information content (AvgIpc) is 2.91. The molecule has 1 heterocycles. The number of nitrogens with zero attached hydrogens (tertiary/aromatic N) is 2. The first-order valence-corrected chi connectivity index (χ1v) is 7.60. The van der Waals surface area contributed by atoms with Gasteiger partial charge in [0.25, 0.3) is 0 Å². The summed E-state index contributed by atoms with van der Waals surface area (Å²) in [5.41, 5.74) is 2.54. The van der Waals surface area contributed by atoms with Gasteiger partial charge in [-0.3, -0.25) is 4.68 Å². The van der Waals surface area contributed by atoms with Crippen LogP contribution in [-0.2, 0) is 13.7 Å². The van der Waals surface area contributed by atoms with Gasteiger partial charge < -0.3 is 10.1 Å². The van der Waals surface area contributed by atoms with Gasteiger partial charge in [0, 0.05) is 13.6 Å². The monoisotopic (exact) mass is 287 g/mol. The fourth-order valence-electron chi connectivity index (χ4n) is 2.20. The molecule has 21 heavy (non-hydrogen) atoms. The highest BCUT2D eigenvalue weighted by Gasteiger charge is 2.05. The van der Waals surface area contributed by atoms with E-state index in [-0.39, 0.29) is 0 Å². The highest BCUT2D eigenvalue weighted by atomic mass is 16.5. The van der Waals surface area contributed by atoms with Gasteiger partial charge >= 0.3 is 0 Å². The Labute approximate surface area is 127 Å². The van der Waals surface area contributed by atoms with Gasteiger partial charge in [0.1, 0.15) is 6.61 Å². The van der Waals surface area contributed by atoms with Gasteiger partial charge in [0.15, 0.2) is 5.75 Å². The number of nitrogens with one attached hydrogen (secondary N) is 1. The Bertz CT molecular complexity index is 533. The van der Waals surface area contributed by atoms with E-state index in [1.165, 1.54) is 17.5 Å². The molecule has 2 rings (SSSR count). The van der Waals surface area contributed by atoms with Gasteiger partial charge in [-0.05, 0) is 30.0 Å². The second-order valence-corrected chi connectivity index (χ2v) is 5.49. The molecule has 114 valence electrons. The molecule has 0 bridgehead atoms. The van der Waals surface area contributed by atoms with Crippen LogP contribution in [0, 0.1) is 0 Å². The summed E-state index contributed by atoms with van der Waals surface area (Å²) in [5, 5.41) is 7.55. The fraction of sp³-hybridized carbons (Fsp3) is 0.471. The first-order valence-electron chi connectivity index (χ1n) is 7.60. The molecular weight excluding hydrogens is 262 g/mol. The van der Waals surface area contributed by atoms with Crippen LogP contribution in [0.4, 0.5) is 0 Å². The molecule has 1 atom stereocenters. The topological polar surface area (TPSA) is 39.1 Å². The van der Waals surface area contributed by atoms with Crippen molar-refractivity contribution in [2.45, 2.75) is 32.8 Å². The summed E-state index contributed by atoms with van der Waals surface area (Å²) in [4.78, 5) is 0. The Kier molecular flexibility index (Phi) is 5.81. The quantitative estimate of drug-likeness (QED) is 0.758. The van der Waals surface area contributed by atoms with Gasteiger partial charge in [-0.2, -0.15) is 5.10 Å². The Morgan fingerprint density at radius 1 is 1.29 bits per heavy atom. The highest BCUT2D eigenvalue weighted by Crippen LogP contribution is 2.16. The minimum absolute atomic E-state index is 0.532. The summed E-state index contributed by atoms with van der Waals surface area (Å²) in [6.07, 6.45) is 4.78. The van der Waals surface area contributed by atoms with Crippen LogP contribution in [0.2, 0.25) is 0 Å². The summed E-state index contributed by atoms with van der Waals surface area (Å²) >= 11 is 0. The molecule has 1 aromatic carbocycles. The maximum atomic E-state index is 5.70. The minimum atomic E-state index is 0.532. The number of aryl methyl sites for hydroxylation is 1. The smallest absolute Gasteiger partial charge is 0.157 e. The molecule has 2 aromatic rings. The SMILES string of the molecule is CCCNCC(C)c1ccc(COc2cnn(C)c2)cc1. The first-order chi connectivity index (χ1) is 10.2. The Morgan fingerprint density at radius 3 is 2.67 bits per heavy atom. The van der Waals surface area contributed by atoms with E-state index in [1.807, 2.05) is 13.2 Å². The van der Waals surface area contributed by atoms with E-state index in [0.717, 1.165) is 18.8 Å². The highest BCUT2D eigenvalue weighted by molar-refractivity contribution is 5.25. The van der Waals surface area contributed by atoms with Crippen LogP contribution < -0.4 is 10.1 Å². The van der Waals surface area contributed by atoms with Crippen LogP contribution in [0.5, 0.6) is 5.75 Å².